The van der Waals surface area contributed by atoms with Gasteiger partial charge in [0.1, 0.15) is 25.6 Å². The third kappa shape index (κ3) is 43.4. The van der Waals surface area contributed by atoms with Crippen molar-refractivity contribution in [1.82, 2.24) is 21.3 Å². The molecule has 0 fully saturated rings. The summed E-state index contributed by atoms with van der Waals surface area (Å²) in [5.41, 5.74) is 5.36. The first-order valence-electron chi connectivity index (χ1n) is 23.1. The average molecular weight is 860 g/mol. The monoisotopic (exact) mass is 860 g/mol. The Morgan fingerprint density at radius 1 is 0.417 bits per heavy atom. The maximum atomic E-state index is 12.0. The van der Waals surface area contributed by atoms with Crippen molar-refractivity contribution in [3.8, 4) is 0 Å². The van der Waals surface area contributed by atoms with Gasteiger partial charge in [-0.2, -0.15) is 0 Å². The molecule has 0 saturated heterocycles. The van der Waals surface area contributed by atoms with Gasteiger partial charge in [0.15, 0.2) is 0 Å². The van der Waals surface area contributed by atoms with Crippen LogP contribution < -0.4 is 27.0 Å². The van der Waals surface area contributed by atoms with Gasteiger partial charge in [-0.3, -0.25) is 24.0 Å². The first kappa shape index (κ1) is 57.3. The molecule has 0 rings (SSSR count). The molecule has 0 bridgehead atoms. The Labute approximate surface area is 361 Å². The highest BCUT2D eigenvalue weighted by Gasteiger charge is 2.10. The molecule has 352 valence electrons. The van der Waals surface area contributed by atoms with E-state index in [9.17, 15) is 24.0 Å². The van der Waals surface area contributed by atoms with E-state index in [4.69, 9.17) is 34.2 Å². The summed E-state index contributed by atoms with van der Waals surface area (Å²) in [7, 11) is 0. The van der Waals surface area contributed by atoms with Crippen molar-refractivity contribution in [3.63, 3.8) is 0 Å². The van der Waals surface area contributed by atoms with Gasteiger partial charge in [-0.15, -0.1) is 0 Å². The van der Waals surface area contributed by atoms with Crippen molar-refractivity contribution >= 4 is 29.4 Å². The van der Waals surface area contributed by atoms with E-state index in [0.717, 1.165) is 32.1 Å². The summed E-state index contributed by atoms with van der Waals surface area (Å²) in [6.45, 7) is 8.17. The topological polar surface area (TPSA) is 215 Å². The van der Waals surface area contributed by atoms with Crippen molar-refractivity contribution in [1.29, 1.82) is 0 Å². The molecular formula is C44H85N5O11. The van der Waals surface area contributed by atoms with E-state index < -0.39 is 0 Å². The van der Waals surface area contributed by atoms with Crippen molar-refractivity contribution in [3.05, 3.63) is 0 Å². The van der Waals surface area contributed by atoms with Crippen LogP contribution in [0.3, 0.4) is 0 Å². The second-order valence-electron chi connectivity index (χ2n) is 15.2. The second kappa shape index (κ2) is 45.8. The highest BCUT2D eigenvalue weighted by molar-refractivity contribution is 5.82. The van der Waals surface area contributed by atoms with Crippen LogP contribution in [0.2, 0.25) is 0 Å². The van der Waals surface area contributed by atoms with E-state index in [1.807, 2.05) is 6.92 Å². The molecule has 60 heavy (non-hydrogen) atoms. The molecule has 0 unspecified atom stereocenters. The number of ketones is 1. The number of rotatable bonds is 47. The zero-order valence-electron chi connectivity index (χ0n) is 37.6. The minimum absolute atomic E-state index is 0.0507. The molecule has 4 amide bonds. The van der Waals surface area contributed by atoms with Gasteiger partial charge in [-0.05, 0) is 19.3 Å². The van der Waals surface area contributed by atoms with Gasteiger partial charge < -0.3 is 55.4 Å². The van der Waals surface area contributed by atoms with Gasteiger partial charge in [-0.1, -0.05) is 110 Å². The van der Waals surface area contributed by atoms with E-state index in [0.29, 0.717) is 59.0 Å². The quantitative estimate of drug-likeness (QED) is 0.0547. The molecule has 0 aromatic heterocycles. The number of unbranched alkanes of at least 4 members (excludes halogenated alkanes) is 15. The number of carbonyl (C=O) groups excluding carboxylic acids is 5. The van der Waals surface area contributed by atoms with Gasteiger partial charge >= 0.3 is 0 Å². The molecule has 16 heteroatoms. The van der Waals surface area contributed by atoms with E-state index in [1.54, 1.807) is 0 Å². The van der Waals surface area contributed by atoms with Crippen LogP contribution in [0, 0.1) is 5.92 Å². The smallest absolute Gasteiger partial charge is 0.246 e. The third-order valence-electron chi connectivity index (χ3n) is 9.67. The largest absolute Gasteiger partial charge is 0.377 e. The first-order chi connectivity index (χ1) is 29.3. The lowest BCUT2D eigenvalue weighted by molar-refractivity contribution is -0.127. The fourth-order valence-electron chi connectivity index (χ4n) is 6.01. The predicted octanol–water partition coefficient (Wildman–Crippen LogP) is 4.15. The maximum absolute atomic E-state index is 12.0. The molecule has 0 radical (unpaired) electrons. The molecule has 6 N–H and O–H groups in total. The Bertz CT molecular complexity index is 1040. The van der Waals surface area contributed by atoms with Crippen LogP contribution in [0.25, 0.3) is 0 Å². The molecule has 0 aliphatic carbocycles. The van der Waals surface area contributed by atoms with Crippen LogP contribution in [0.1, 0.15) is 136 Å². The molecule has 0 spiro atoms. The van der Waals surface area contributed by atoms with Gasteiger partial charge in [0.05, 0.1) is 66.0 Å². The minimum Gasteiger partial charge on any atom is -0.377 e. The summed E-state index contributed by atoms with van der Waals surface area (Å²) < 4.78 is 32.2. The summed E-state index contributed by atoms with van der Waals surface area (Å²) >= 11 is 0. The van der Waals surface area contributed by atoms with Crippen LogP contribution in [0.4, 0.5) is 0 Å². The van der Waals surface area contributed by atoms with Crippen molar-refractivity contribution in [2.24, 2.45) is 11.7 Å². The predicted molar refractivity (Wildman–Crippen MR) is 234 cm³/mol. The summed E-state index contributed by atoms with van der Waals surface area (Å²) in [6.07, 6.45) is 22.5. The Kier molecular flexibility index (Phi) is 43.7. The fraction of sp³-hybridized carbons (Fsp3) is 0.886. The molecule has 0 saturated carbocycles. The molecule has 0 aliphatic heterocycles. The van der Waals surface area contributed by atoms with Crippen LogP contribution in [0.15, 0.2) is 0 Å². The minimum atomic E-state index is -0.280. The van der Waals surface area contributed by atoms with Crippen LogP contribution >= 0.6 is 0 Å². The molecule has 0 aliphatic rings. The maximum Gasteiger partial charge on any atom is 0.246 e. The third-order valence-corrected chi connectivity index (χ3v) is 9.67. The Hall–Kier alpha value is -2.73. The Morgan fingerprint density at radius 2 is 0.767 bits per heavy atom. The van der Waals surface area contributed by atoms with Crippen LogP contribution in [-0.2, 0) is 52.4 Å². The lowest BCUT2D eigenvalue weighted by atomic mass is 9.99. The van der Waals surface area contributed by atoms with Gasteiger partial charge in [0, 0.05) is 38.5 Å². The molecular weight excluding hydrogens is 775 g/mol. The van der Waals surface area contributed by atoms with E-state index in [-0.39, 0.29) is 94.7 Å². The number of nitrogens with two attached hydrogens (primary N) is 1. The summed E-state index contributed by atoms with van der Waals surface area (Å²) in [6, 6.07) is 0. The van der Waals surface area contributed by atoms with Gasteiger partial charge in [0.2, 0.25) is 23.6 Å². The Balaban J connectivity index is 3.37. The van der Waals surface area contributed by atoms with Crippen LogP contribution in [0.5, 0.6) is 0 Å². The fourth-order valence-corrected chi connectivity index (χ4v) is 6.01. The standard InChI is InChI=1S/C44H85N5O11/c1-3-4-5-6-7-8-9-10-11-12-13-14-15-16-17-21-41(51)47-23-26-55-29-33-59-37-43(53)49-25-28-57-31-34-60-38-44(54)48-24-27-56-30-32-58-36-42(52)46-22-19-18-20-39(2)40(50)35-45/h39H,3-38,45H2,1-2H3,(H,46,52)(H,47,51)(H,48,54)(H,49,53)/t39-/m0/s1. The van der Waals surface area contributed by atoms with Crippen LogP contribution in [-0.4, -0.2) is 141 Å². The molecule has 0 heterocycles. The number of hydrogen-bond acceptors (Lipinski definition) is 12. The average Bonchev–Trinajstić information content (AvgIpc) is 3.24. The van der Waals surface area contributed by atoms with Crippen molar-refractivity contribution in [2.75, 3.05) is 112 Å². The van der Waals surface area contributed by atoms with E-state index in [1.165, 1.54) is 83.5 Å². The number of amides is 4. The summed E-state index contributed by atoms with van der Waals surface area (Å²) in [5, 5.41) is 11.0. The van der Waals surface area contributed by atoms with Crippen molar-refractivity contribution < 1.29 is 52.4 Å². The number of carbonyl (C=O) groups is 5. The normalized spacial score (nSPS) is 11.7. The Morgan fingerprint density at radius 3 is 1.17 bits per heavy atom. The molecule has 1 atom stereocenters. The number of nitrogens with one attached hydrogen (secondary N) is 4. The first-order valence-corrected chi connectivity index (χ1v) is 23.1. The number of ether oxygens (including phenoxy) is 6. The molecule has 0 aromatic carbocycles. The van der Waals surface area contributed by atoms with Crippen molar-refractivity contribution in [2.45, 2.75) is 136 Å². The highest BCUT2D eigenvalue weighted by Crippen LogP contribution is 2.14. The highest BCUT2D eigenvalue weighted by atomic mass is 16.5. The molecule has 16 nitrogen and oxygen atoms in total. The number of hydrogen-bond donors (Lipinski definition) is 5. The van der Waals surface area contributed by atoms with E-state index in [2.05, 4.69) is 28.2 Å². The van der Waals surface area contributed by atoms with Gasteiger partial charge in [-0.25, -0.2) is 0 Å². The van der Waals surface area contributed by atoms with Gasteiger partial charge in [0.25, 0.3) is 0 Å². The molecule has 0 aromatic rings. The number of Topliss-reactive ketones (excluding diaryl/α,β-unsaturated/α-hetero) is 1. The SMILES string of the molecule is CCCCCCCCCCCCCCCCCC(=O)NCCOCCOCC(=O)NCCOCCOCC(=O)NCCOCCOCC(=O)NCCCC[C@H](C)C(=O)CN. The second-order valence-corrected chi connectivity index (χ2v) is 15.2. The summed E-state index contributed by atoms with van der Waals surface area (Å²) in [5.74, 6) is -0.681. The zero-order valence-corrected chi connectivity index (χ0v) is 37.6. The lowest BCUT2D eigenvalue weighted by Gasteiger charge is -2.10. The zero-order chi connectivity index (χ0) is 44.0. The summed E-state index contributed by atoms with van der Waals surface area (Å²) in [4.78, 5) is 59.1. The van der Waals surface area contributed by atoms with E-state index >= 15 is 0 Å². The lowest BCUT2D eigenvalue weighted by Crippen LogP contribution is -2.32.